The van der Waals surface area contributed by atoms with Crippen molar-refractivity contribution in [1.82, 2.24) is 0 Å². The quantitative estimate of drug-likeness (QED) is 0.477. The number of anilines is 2. The number of ether oxygens (including phenoxy) is 1. The monoisotopic (exact) mass is 248 g/mol. The molecular formula is C14H20N2O2. The van der Waals surface area contributed by atoms with Crippen LogP contribution in [0, 0.1) is 0 Å². The summed E-state index contributed by atoms with van der Waals surface area (Å²) >= 11 is 0. The number of hydrogen-bond donors (Lipinski definition) is 1. The number of benzene rings is 1. The predicted octanol–water partition coefficient (Wildman–Crippen LogP) is 2.46. The third kappa shape index (κ3) is 3.26. The minimum absolute atomic E-state index is 0.200. The lowest BCUT2D eigenvalue weighted by Crippen LogP contribution is -2.24. The van der Waals surface area contributed by atoms with Crippen LogP contribution in [-0.2, 0) is 4.74 Å². The Hall–Kier alpha value is -1.97. The first kappa shape index (κ1) is 14.1. The van der Waals surface area contributed by atoms with E-state index in [-0.39, 0.29) is 12.6 Å². The second-order valence-electron chi connectivity index (χ2n) is 3.84. The molecule has 4 heteroatoms. The van der Waals surface area contributed by atoms with E-state index < -0.39 is 0 Å². The molecule has 98 valence electrons. The highest BCUT2D eigenvalue weighted by atomic mass is 16.5. The SMILES string of the molecule is C=CCOC(=O)c1cc(N)ccc1N(CC)CC. The molecule has 0 saturated heterocycles. The van der Waals surface area contributed by atoms with Gasteiger partial charge in [0.25, 0.3) is 0 Å². The predicted molar refractivity (Wildman–Crippen MR) is 74.9 cm³/mol. The summed E-state index contributed by atoms with van der Waals surface area (Å²) in [5.74, 6) is -0.371. The topological polar surface area (TPSA) is 55.6 Å². The van der Waals surface area contributed by atoms with E-state index >= 15 is 0 Å². The highest BCUT2D eigenvalue weighted by molar-refractivity contribution is 5.97. The number of nitrogens with two attached hydrogens (primary N) is 1. The van der Waals surface area contributed by atoms with E-state index in [2.05, 4.69) is 11.5 Å². The molecule has 0 aliphatic rings. The van der Waals surface area contributed by atoms with Crippen LogP contribution in [0.5, 0.6) is 0 Å². The molecule has 0 unspecified atom stereocenters. The Balaban J connectivity index is 3.10. The molecule has 2 N–H and O–H groups in total. The number of nitrogen functional groups attached to an aromatic ring is 1. The van der Waals surface area contributed by atoms with Crippen LogP contribution < -0.4 is 10.6 Å². The summed E-state index contributed by atoms with van der Waals surface area (Å²) in [5.41, 5.74) is 7.63. The molecule has 0 spiro atoms. The fourth-order valence-corrected chi connectivity index (χ4v) is 1.77. The molecule has 0 heterocycles. The molecule has 0 amide bonds. The fourth-order valence-electron chi connectivity index (χ4n) is 1.77. The number of carbonyl (C=O) groups is 1. The van der Waals surface area contributed by atoms with Gasteiger partial charge in [-0.1, -0.05) is 12.7 Å². The van der Waals surface area contributed by atoms with Crippen molar-refractivity contribution in [2.45, 2.75) is 13.8 Å². The molecule has 0 saturated carbocycles. The van der Waals surface area contributed by atoms with Crippen LogP contribution in [0.2, 0.25) is 0 Å². The lowest BCUT2D eigenvalue weighted by atomic mass is 10.1. The van der Waals surface area contributed by atoms with E-state index in [0.717, 1.165) is 18.8 Å². The number of esters is 1. The highest BCUT2D eigenvalue weighted by Gasteiger charge is 2.16. The zero-order valence-electron chi connectivity index (χ0n) is 11.0. The third-order valence-electron chi connectivity index (χ3n) is 2.68. The van der Waals surface area contributed by atoms with Crippen molar-refractivity contribution >= 4 is 17.3 Å². The first-order chi connectivity index (χ1) is 8.63. The van der Waals surface area contributed by atoms with Crippen molar-refractivity contribution in [3.8, 4) is 0 Å². The minimum atomic E-state index is -0.371. The molecule has 1 aromatic carbocycles. The van der Waals surface area contributed by atoms with Gasteiger partial charge in [-0.05, 0) is 32.0 Å². The van der Waals surface area contributed by atoms with Crippen LogP contribution in [0.1, 0.15) is 24.2 Å². The molecule has 0 aromatic heterocycles. The summed E-state index contributed by atoms with van der Waals surface area (Å²) < 4.78 is 5.07. The molecule has 1 rings (SSSR count). The van der Waals surface area contributed by atoms with Gasteiger partial charge >= 0.3 is 5.97 Å². The molecule has 1 aromatic rings. The summed E-state index contributed by atoms with van der Waals surface area (Å²) in [6, 6.07) is 5.30. The molecule has 4 nitrogen and oxygen atoms in total. The maximum Gasteiger partial charge on any atom is 0.340 e. The zero-order valence-corrected chi connectivity index (χ0v) is 11.0. The Bertz CT molecular complexity index is 426. The Labute approximate surface area is 108 Å². The maximum atomic E-state index is 12.0. The van der Waals surface area contributed by atoms with E-state index in [1.54, 1.807) is 18.2 Å². The van der Waals surface area contributed by atoms with Crippen molar-refractivity contribution in [1.29, 1.82) is 0 Å². The molecule has 0 atom stereocenters. The van der Waals surface area contributed by atoms with E-state index in [0.29, 0.717) is 11.3 Å². The molecule has 0 radical (unpaired) electrons. The maximum absolute atomic E-state index is 12.0. The molecule has 0 aliphatic carbocycles. The van der Waals surface area contributed by atoms with Gasteiger partial charge in [0.2, 0.25) is 0 Å². The average molecular weight is 248 g/mol. The minimum Gasteiger partial charge on any atom is -0.458 e. The van der Waals surface area contributed by atoms with Gasteiger partial charge in [0.1, 0.15) is 6.61 Å². The fraction of sp³-hybridized carbons (Fsp3) is 0.357. The first-order valence-corrected chi connectivity index (χ1v) is 6.06. The summed E-state index contributed by atoms with van der Waals surface area (Å²) in [6.45, 7) is 9.45. The Morgan fingerprint density at radius 1 is 1.44 bits per heavy atom. The van der Waals surface area contributed by atoms with Crippen LogP contribution in [0.4, 0.5) is 11.4 Å². The van der Waals surface area contributed by atoms with Gasteiger partial charge in [-0.2, -0.15) is 0 Å². The van der Waals surface area contributed by atoms with Gasteiger partial charge in [0, 0.05) is 18.8 Å². The van der Waals surface area contributed by atoms with E-state index in [1.165, 1.54) is 0 Å². The lowest BCUT2D eigenvalue weighted by Gasteiger charge is -2.23. The van der Waals surface area contributed by atoms with Crippen molar-refractivity contribution < 1.29 is 9.53 Å². The van der Waals surface area contributed by atoms with Gasteiger partial charge in [-0.25, -0.2) is 4.79 Å². The van der Waals surface area contributed by atoms with Crippen LogP contribution in [0.3, 0.4) is 0 Å². The summed E-state index contributed by atoms with van der Waals surface area (Å²) in [5, 5.41) is 0. The summed E-state index contributed by atoms with van der Waals surface area (Å²) in [7, 11) is 0. The normalized spacial score (nSPS) is 9.89. The van der Waals surface area contributed by atoms with Crippen molar-refractivity contribution in [2.24, 2.45) is 0 Å². The van der Waals surface area contributed by atoms with E-state index in [1.807, 2.05) is 19.9 Å². The molecule has 0 bridgehead atoms. The van der Waals surface area contributed by atoms with Crippen molar-refractivity contribution in [3.63, 3.8) is 0 Å². The molecule has 18 heavy (non-hydrogen) atoms. The Morgan fingerprint density at radius 3 is 2.67 bits per heavy atom. The average Bonchev–Trinajstić information content (AvgIpc) is 2.38. The molecule has 0 aliphatic heterocycles. The van der Waals surface area contributed by atoms with Crippen LogP contribution >= 0.6 is 0 Å². The van der Waals surface area contributed by atoms with Crippen LogP contribution in [0.15, 0.2) is 30.9 Å². The van der Waals surface area contributed by atoms with Gasteiger partial charge in [-0.15, -0.1) is 0 Å². The summed E-state index contributed by atoms with van der Waals surface area (Å²) in [6.07, 6.45) is 1.54. The standard InChI is InChI=1S/C14H20N2O2/c1-4-9-18-14(17)12-10-11(15)7-8-13(12)16(5-2)6-3/h4,7-8,10H,1,5-6,9,15H2,2-3H3. The van der Waals surface area contributed by atoms with Crippen LogP contribution in [-0.4, -0.2) is 25.7 Å². The third-order valence-corrected chi connectivity index (χ3v) is 2.68. The Kier molecular flexibility index (Phi) is 5.24. The smallest absolute Gasteiger partial charge is 0.340 e. The first-order valence-electron chi connectivity index (χ1n) is 6.06. The number of nitrogens with zero attached hydrogens (tertiary/aromatic N) is 1. The number of rotatable bonds is 6. The summed E-state index contributed by atoms with van der Waals surface area (Å²) in [4.78, 5) is 14.0. The van der Waals surface area contributed by atoms with E-state index in [4.69, 9.17) is 10.5 Å². The van der Waals surface area contributed by atoms with Gasteiger partial charge in [-0.3, -0.25) is 0 Å². The van der Waals surface area contributed by atoms with Crippen molar-refractivity contribution in [3.05, 3.63) is 36.4 Å². The second-order valence-corrected chi connectivity index (χ2v) is 3.84. The van der Waals surface area contributed by atoms with Crippen molar-refractivity contribution in [2.75, 3.05) is 30.3 Å². The van der Waals surface area contributed by atoms with E-state index in [9.17, 15) is 4.79 Å². The lowest BCUT2D eigenvalue weighted by molar-refractivity contribution is 0.0550. The largest absolute Gasteiger partial charge is 0.458 e. The highest BCUT2D eigenvalue weighted by Crippen LogP contribution is 2.24. The van der Waals surface area contributed by atoms with Crippen LogP contribution in [0.25, 0.3) is 0 Å². The van der Waals surface area contributed by atoms with Gasteiger partial charge in [0.05, 0.1) is 11.3 Å². The number of carbonyl (C=O) groups excluding carboxylic acids is 1. The van der Waals surface area contributed by atoms with Gasteiger partial charge < -0.3 is 15.4 Å². The van der Waals surface area contributed by atoms with Gasteiger partial charge in [0.15, 0.2) is 0 Å². The zero-order chi connectivity index (χ0) is 13.5. The Morgan fingerprint density at radius 2 is 2.11 bits per heavy atom. The molecule has 0 fully saturated rings. The second kappa shape index (κ2) is 6.69. The number of hydrogen-bond acceptors (Lipinski definition) is 4. The molecular weight excluding hydrogens is 228 g/mol.